The third-order valence-electron chi connectivity index (χ3n) is 2.47. The lowest BCUT2D eigenvalue weighted by molar-refractivity contribution is -0.383. The Labute approximate surface area is 86.5 Å². The molecule has 0 aromatic heterocycles. The summed E-state index contributed by atoms with van der Waals surface area (Å²) >= 11 is 0. The molecular weight excluding hydrogens is 192 g/mol. The van der Waals surface area contributed by atoms with Gasteiger partial charge in [0.25, 0.3) is 5.69 Å². The van der Waals surface area contributed by atoms with Crippen molar-refractivity contribution in [2.75, 3.05) is 5.73 Å². The zero-order valence-electron chi connectivity index (χ0n) is 8.23. The summed E-state index contributed by atoms with van der Waals surface area (Å²) in [5, 5.41) is 12.4. The van der Waals surface area contributed by atoms with Gasteiger partial charge in [-0.2, -0.15) is 0 Å². The predicted molar refractivity (Wildman–Crippen MR) is 59.8 cm³/mol. The number of fused-ring (bicyclic) bond motifs is 1. The average molecular weight is 202 g/mol. The maximum Gasteiger partial charge on any atom is 0.293 e. The van der Waals surface area contributed by atoms with Gasteiger partial charge in [0.1, 0.15) is 5.69 Å². The van der Waals surface area contributed by atoms with Crippen LogP contribution in [0.15, 0.2) is 30.3 Å². The molecule has 76 valence electrons. The van der Waals surface area contributed by atoms with Crippen LogP contribution < -0.4 is 5.73 Å². The Morgan fingerprint density at radius 3 is 2.47 bits per heavy atom. The third kappa shape index (κ3) is 1.40. The molecule has 0 unspecified atom stereocenters. The molecule has 2 aromatic carbocycles. The number of rotatable bonds is 1. The van der Waals surface area contributed by atoms with Crippen molar-refractivity contribution in [3.8, 4) is 0 Å². The lowest BCUT2D eigenvalue weighted by atomic mass is 10.0. The van der Waals surface area contributed by atoms with Gasteiger partial charge in [0.05, 0.1) is 4.92 Å². The van der Waals surface area contributed by atoms with Crippen LogP contribution in [0.25, 0.3) is 10.8 Å². The van der Waals surface area contributed by atoms with Crippen molar-refractivity contribution in [1.29, 1.82) is 0 Å². The zero-order valence-corrected chi connectivity index (χ0v) is 8.23. The quantitative estimate of drug-likeness (QED) is 0.439. The number of nitro benzene ring substituents is 1. The summed E-state index contributed by atoms with van der Waals surface area (Å²) in [4.78, 5) is 10.3. The minimum atomic E-state index is -0.450. The molecule has 0 amide bonds. The molecule has 0 fully saturated rings. The summed E-state index contributed by atoms with van der Waals surface area (Å²) in [6.07, 6.45) is 0. The Kier molecular flexibility index (Phi) is 2.04. The van der Waals surface area contributed by atoms with Crippen LogP contribution >= 0.6 is 0 Å². The first-order chi connectivity index (χ1) is 7.11. The summed E-state index contributed by atoms with van der Waals surface area (Å²) in [5.74, 6) is 0. The summed E-state index contributed by atoms with van der Waals surface area (Å²) in [7, 11) is 0. The highest BCUT2D eigenvalue weighted by atomic mass is 16.6. The molecule has 2 rings (SSSR count). The van der Waals surface area contributed by atoms with Gasteiger partial charge in [-0.25, -0.2) is 0 Å². The van der Waals surface area contributed by atoms with Crippen molar-refractivity contribution < 1.29 is 4.92 Å². The molecule has 0 heterocycles. The predicted octanol–water partition coefficient (Wildman–Crippen LogP) is 2.64. The first-order valence-electron chi connectivity index (χ1n) is 4.53. The van der Waals surface area contributed by atoms with Gasteiger partial charge in [-0.05, 0) is 17.9 Å². The highest BCUT2D eigenvalue weighted by Crippen LogP contribution is 2.32. The van der Waals surface area contributed by atoms with Crippen LogP contribution in [0.1, 0.15) is 5.56 Å². The first kappa shape index (κ1) is 9.45. The number of nitro groups is 1. The Morgan fingerprint density at radius 1 is 1.27 bits per heavy atom. The van der Waals surface area contributed by atoms with Crippen LogP contribution in [0, 0.1) is 17.0 Å². The van der Waals surface area contributed by atoms with Gasteiger partial charge in [0.2, 0.25) is 0 Å². The fourth-order valence-corrected chi connectivity index (χ4v) is 1.71. The summed E-state index contributed by atoms with van der Waals surface area (Å²) in [6.45, 7) is 1.84. The van der Waals surface area contributed by atoms with Crippen LogP contribution in [0.2, 0.25) is 0 Å². The zero-order chi connectivity index (χ0) is 11.0. The molecule has 4 heteroatoms. The second-order valence-electron chi connectivity index (χ2n) is 3.43. The Bertz CT molecular complexity index is 550. The highest BCUT2D eigenvalue weighted by molar-refractivity contribution is 5.99. The fraction of sp³-hybridized carbons (Fsp3) is 0.0909. The van der Waals surface area contributed by atoms with E-state index in [1.807, 2.05) is 25.1 Å². The fourth-order valence-electron chi connectivity index (χ4n) is 1.71. The van der Waals surface area contributed by atoms with Gasteiger partial charge < -0.3 is 5.73 Å². The van der Waals surface area contributed by atoms with Crippen LogP contribution in [0.3, 0.4) is 0 Å². The first-order valence-corrected chi connectivity index (χ1v) is 4.53. The van der Waals surface area contributed by atoms with Crippen LogP contribution in [-0.4, -0.2) is 4.92 Å². The van der Waals surface area contributed by atoms with Crippen molar-refractivity contribution in [3.63, 3.8) is 0 Å². The monoisotopic (exact) mass is 202 g/mol. The SMILES string of the molecule is Cc1cc([N+](=O)[O-])c(N)c2ccccc12. The normalized spacial score (nSPS) is 10.5. The number of anilines is 1. The van der Waals surface area contributed by atoms with E-state index in [1.165, 1.54) is 6.07 Å². The van der Waals surface area contributed by atoms with E-state index >= 15 is 0 Å². The maximum atomic E-state index is 10.7. The Balaban J connectivity index is 2.90. The number of aryl methyl sites for hydroxylation is 1. The topological polar surface area (TPSA) is 69.2 Å². The number of hydrogen-bond donors (Lipinski definition) is 1. The lowest BCUT2D eigenvalue weighted by Crippen LogP contribution is -1.97. The van der Waals surface area contributed by atoms with E-state index in [1.54, 1.807) is 6.07 Å². The van der Waals surface area contributed by atoms with Crippen molar-refractivity contribution >= 4 is 22.1 Å². The smallest absolute Gasteiger partial charge is 0.293 e. The van der Waals surface area contributed by atoms with Crippen molar-refractivity contribution in [2.45, 2.75) is 6.92 Å². The van der Waals surface area contributed by atoms with E-state index in [4.69, 9.17) is 5.73 Å². The molecular formula is C11H10N2O2. The molecule has 2 aromatic rings. The van der Waals surface area contributed by atoms with Gasteiger partial charge in [0, 0.05) is 11.5 Å². The standard InChI is InChI=1S/C11H10N2O2/c1-7-6-10(13(14)15)11(12)9-5-3-2-4-8(7)9/h2-6H,12H2,1H3. The molecule has 0 spiro atoms. The van der Waals surface area contributed by atoms with Crippen LogP contribution in [0.4, 0.5) is 11.4 Å². The van der Waals surface area contributed by atoms with Gasteiger partial charge >= 0.3 is 0 Å². The molecule has 0 aliphatic rings. The second kappa shape index (κ2) is 3.24. The van der Waals surface area contributed by atoms with E-state index in [9.17, 15) is 10.1 Å². The molecule has 4 nitrogen and oxygen atoms in total. The van der Waals surface area contributed by atoms with Gasteiger partial charge in [0.15, 0.2) is 0 Å². The van der Waals surface area contributed by atoms with Crippen LogP contribution in [0.5, 0.6) is 0 Å². The average Bonchev–Trinajstić information content (AvgIpc) is 2.23. The van der Waals surface area contributed by atoms with E-state index in [2.05, 4.69) is 0 Å². The number of nitrogens with two attached hydrogens (primary N) is 1. The number of hydrogen-bond acceptors (Lipinski definition) is 3. The van der Waals surface area contributed by atoms with Gasteiger partial charge in [-0.15, -0.1) is 0 Å². The number of benzene rings is 2. The van der Waals surface area contributed by atoms with Gasteiger partial charge in [-0.1, -0.05) is 24.3 Å². The van der Waals surface area contributed by atoms with Crippen molar-refractivity contribution in [1.82, 2.24) is 0 Å². The van der Waals surface area contributed by atoms with Crippen LogP contribution in [-0.2, 0) is 0 Å². The molecule has 0 aliphatic carbocycles. The summed E-state index contributed by atoms with van der Waals surface area (Å²) < 4.78 is 0. The van der Waals surface area contributed by atoms with E-state index < -0.39 is 4.92 Å². The van der Waals surface area contributed by atoms with Crippen molar-refractivity contribution in [2.24, 2.45) is 0 Å². The Morgan fingerprint density at radius 2 is 1.87 bits per heavy atom. The minimum absolute atomic E-state index is 0.0220. The van der Waals surface area contributed by atoms with E-state index in [-0.39, 0.29) is 11.4 Å². The van der Waals surface area contributed by atoms with E-state index in [0.29, 0.717) is 0 Å². The molecule has 0 atom stereocenters. The largest absolute Gasteiger partial charge is 0.393 e. The number of nitrogen functional groups attached to an aromatic ring is 1. The molecule has 0 aliphatic heterocycles. The van der Waals surface area contributed by atoms with Crippen molar-refractivity contribution in [3.05, 3.63) is 46.0 Å². The van der Waals surface area contributed by atoms with Gasteiger partial charge in [-0.3, -0.25) is 10.1 Å². The molecule has 2 N–H and O–H groups in total. The molecule has 0 saturated heterocycles. The summed E-state index contributed by atoms with van der Waals surface area (Å²) in [6, 6.07) is 8.93. The van der Waals surface area contributed by atoms with E-state index in [0.717, 1.165) is 16.3 Å². The molecule has 0 saturated carbocycles. The number of nitrogens with zero attached hydrogens (tertiary/aromatic N) is 1. The minimum Gasteiger partial charge on any atom is -0.393 e. The molecule has 15 heavy (non-hydrogen) atoms. The second-order valence-corrected chi connectivity index (χ2v) is 3.43. The molecule has 0 radical (unpaired) electrons. The Hall–Kier alpha value is -2.10. The lowest BCUT2D eigenvalue weighted by Gasteiger charge is -2.05. The third-order valence-corrected chi connectivity index (χ3v) is 2.47. The summed E-state index contributed by atoms with van der Waals surface area (Å²) in [5.41, 5.74) is 6.83. The highest BCUT2D eigenvalue weighted by Gasteiger charge is 2.15. The maximum absolute atomic E-state index is 10.7. The molecule has 0 bridgehead atoms.